The molecule has 8 heteroatoms. The Hall–Kier alpha value is -2.41. The maximum absolute atomic E-state index is 13.2. The molecule has 132 valence electrons. The maximum atomic E-state index is 13.2. The second kappa shape index (κ2) is 6.84. The van der Waals surface area contributed by atoms with E-state index >= 15 is 0 Å². The summed E-state index contributed by atoms with van der Waals surface area (Å²) in [6, 6.07) is 4.08. The quantitative estimate of drug-likeness (QED) is 0.905. The van der Waals surface area contributed by atoms with Gasteiger partial charge >= 0.3 is 0 Å². The Kier molecular flexibility index (Phi) is 4.76. The van der Waals surface area contributed by atoms with Crippen LogP contribution in [0.5, 0.6) is 0 Å². The van der Waals surface area contributed by atoms with Gasteiger partial charge in [-0.25, -0.2) is 9.49 Å². The van der Waals surface area contributed by atoms with Crippen LogP contribution in [-0.2, 0) is 11.3 Å². The fourth-order valence-corrected chi connectivity index (χ4v) is 3.23. The summed E-state index contributed by atoms with van der Waals surface area (Å²) in [5.41, 5.74) is 1.68. The summed E-state index contributed by atoms with van der Waals surface area (Å²) in [5, 5.41) is 6.05. The lowest BCUT2D eigenvalue weighted by atomic mass is 10.1. The molecule has 0 bridgehead atoms. The Bertz CT molecular complexity index is 870. The van der Waals surface area contributed by atoms with Crippen molar-refractivity contribution < 1.29 is 9.18 Å². The summed E-state index contributed by atoms with van der Waals surface area (Å²) in [6.07, 6.45) is 1.45. The zero-order valence-electron chi connectivity index (χ0n) is 13.9. The van der Waals surface area contributed by atoms with Crippen LogP contribution in [0.1, 0.15) is 18.1 Å². The molecular weight excluding hydrogens is 347 g/mol. The van der Waals surface area contributed by atoms with Crippen LogP contribution in [0.25, 0.3) is 0 Å². The van der Waals surface area contributed by atoms with Gasteiger partial charge in [-0.3, -0.25) is 9.59 Å². The topological polar surface area (TPSA) is 69.3 Å². The third-order valence-electron chi connectivity index (χ3n) is 4.50. The van der Waals surface area contributed by atoms with Gasteiger partial charge in [0.15, 0.2) is 0 Å². The highest BCUT2D eigenvalue weighted by Gasteiger charge is 2.33. The van der Waals surface area contributed by atoms with Crippen LogP contribution in [-0.4, -0.2) is 40.1 Å². The lowest BCUT2D eigenvalue weighted by Gasteiger charge is -2.40. The first-order valence-electron chi connectivity index (χ1n) is 7.92. The largest absolute Gasteiger partial charge is 0.355 e. The molecule has 1 aromatic carbocycles. The molecule has 3 rings (SSSR count). The highest BCUT2D eigenvalue weighted by Crippen LogP contribution is 2.26. The van der Waals surface area contributed by atoms with E-state index in [4.69, 9.17) is 11.6 Å². The van der Waals surface area contributed by atoms with Gasteiger partial charge in [0.2, 0.25) is 5.91 Å². The Morgan fingerprint density at radius 3 is 2.84 bits per heavy atom. The zero-order chi connectivity index (χ0) is 18.1. The summed E-state index contributed by atoms with van der Waals surface area (Å²) in [4.78, 5) is 27.9. The third kappa shape index (κ3) is 3.37. The molecular formula is C17H18ClFN4O2. The summed E-state index contributed by atoms with van der Waals surface area (Å²) in [5.74, 6) is -0.367. The van der Waals surface area contributed by atoms with E-state index in [2.05, 4.69) is 10.2 Å². The smallest absolute Gasteiger partial charge is 0.285 e. The van der Waals surface area contributed by atoms with Crippen LogP contribution in [0.2, 0.25) is 5.02 Å². The van der Waals surface area contributed by atoms with E-state index in [-0.39, 0.29) is 16.7 Å². The van der Waals surface area contributed by atoms with Crippen molar-refractivity contribution in [3.05, 3.63) is 56.7 Å². The number of H-pyrrole nitrogens is 1. The Morgan fingerprint density at radius 1 is 1.36 bits per heavy atom. The van der Waals surface area contributed by atoms with Crippen LogP contribution in [0, 0.1) is 12.7 Å². The second-order valence-corrected chi connectivity index (χ2v) is 6.48. The molecule has 1 saturated heterocycles. The SMILES string of the molecule is Cc1cc(F)ccc1CN1CCN(c2cn[nH]c(=O)c2Cl)[C@H](C)C1=O. The minimum Gasteiger partial charge on any atom is -0.355 e. The zero-order valence-corrected chi connectivity index (χ0v) is 14.7. The average Bonchev–Trinajstić information content (AvgIpc) is 2.57. The molecule has 0 aliphatic carbocycles. The van der Waals surface area contributed by atoms with Crippen molar-refractivity contribution in [2.75, 3.05) is 18.0 Å². The Morgan fingerprint density at radius 2 is 2.12 bits per heavy atom. The summed E-state index contributed by atoms with van der Waals surface area (Å²) < 4.78 is 13.2. The molecule has 2 aromatic rings. The summed E-state index contributed by atoms with van der Waals surface area (Å²) >= 11 is 6.06. The number of nitrogens with one attached hydrogen (secondary N) is 1. The molecule has 0 radical (unpaired) electrons. The van der Waals surface area contributed by atoms with E-state index in [1.807, 2.05) is 6.92 Å². The fourth-order valence-electron chi connectivity index (χ4n) is 3.03. The van der Waals surface area contributed by atoms with Crippen LogP contribution in [0.3, 0.4) is 0 Å². The number of anilines is 1. The lowest BCUT2D eigenvalue weighted by Crippen LogP contribution is -2.56. The normalized spacial score (nSPS) is 17.9. The van der Waals surface area contributed by atoms with Crippen LogP contribution in [0.4, 0.5) is 10.1 Å². The number of aromatic amines is 1. The second-order valence-electron chi connectivity index (χ2n) is 6.10. The Balaban J connectivity index is 1.79. The molecule has 1 aliphatic heterocycles. The van der Waals surface area contributed by atoms with Crippen molar-refractivity contribution in [2.24, 2.45) is 0 Å². The van der Waals surface area contributed by atoms with Gasteiger partial charge in [-0.15, -0.1) is 0 Å². The number of hydrogen-bond donors (Lipinski definition) is 1. The number of carbonyl (C=O) groups is 1. The Labute approximate surface area is 149 Å². The molecule has 1 N–H and O–H groups in total. The van der Waals surface area contributed by atoms with Gasteiger partial charge < -0.3 is 9.80 Å². The first-order chi connectivity index (χ1) is 11.9. The standard InChI is InChI=1S/C17H18ClFN4O2/c1-10-7-13(19)4-3-12(10)9-22-5-6-23(11(2)17(22)25)14-8-20-21-16(24)15(14)18/h3-4,7-8,11H,5-6,9H2,1-2H3,(H,21,24)/t11-/m1/s1. The number of piperazine rings is 1. The van der Waals surface area contributed by atoms with Gasteiger partial charge in [-0.2, -0.15) is 5.10 Å². The molecule has 1 aliphatic rings. The third-order valence-corrected chi connectivity index (χ3v) is 4.87. The molecule has 0 spiro atoms. The number of amides is 1. The van der Waals surface area contributed by atoms with Crippen LogP contribution >= 0.6 is 11.6 Å². The number of aromatic nitrogens is 2. The number of hydrogen-bond acceptors (Lipinski definition) is 4. The first kappa shape index (κ1) is 17.4. The fraction of sp³-hybridized carbons (Fsp3) is 0.353. The highest BCUT2D eigenvalue weighted by atomic mass is 35.5. The average molecular weight is 365 g/mol. The summed E-state index contributed by atoms with van der Waals surface area (Å²) in [6.45, 7) is 5.01. The molecule has 25 heavy (non-hydrogen) atoms. The first-order valence-corrected chi connectivity index (χ1v) is 8.30. The molecule has 1 atom stereocenters. The number of carbonyl (C=O) groups excluding carboxylic acids is 1. The van der Waals surface area contributed by atoms with Gasteiger partial charge in [-0.05, 0) is 37.1 Å². The predicted molar refractivity (Wildman–Crippen MR) is 93.2 cm³/mol. The van der Waals surface area contributed by atoms with Gasteiger partial charge in [0.25, 0.3) is 5.56 Å². The van der Waals surface area contributed by atoms with E-state index < -0.39 is 11.6 Å². The predicted octanol–water partition coefficient (Wildman–Crippen LogP) is 2.11. The molecule has 1 amide bonds. The van der Waals surface area contributed by atoms with Crippen molar-refractivity contribution in [3.8, 4) is 0 Å². The van der Waals surface area contributed by atoms with E-state index in [0.29, 0.717) is 25.3 Å². The lowest BCUT2D eigenvalue weighted by molar-refractivity contribution is -0.134. The van der Waals surface area contributed by atoms with Crippen molar-refractivity contribution in [2.45, 2.75) is 26.4 Å². The van der Waals surface area contributed by atoms with E-state index in [1.165, 1.54) is 18.3 Å². The van der Waals surface area contributed by atoms with Gasteiger partial charge in [0.05, 0.1) is 11.9 Å². The number of rotatable bonds is 3. The van der Waals surface area contributed by atoms with Crippen molar-refractivity contribution in [1.29, 1.82) is 0 Å². The molecule has 6 nitrogen and oxygen atoms in total. The van der Waals surface area contributed by atoms with Gasteiger partial charge in [0, 0.05) is 19.6 Å². The van der Waals surface area contributed by atoms with Crippen LogP contribution < -0.4 is 10.5 Å². The molecule has 1 aromatic heterocycles. The maximum Gasteiger partial charge on any atom is 0.285 e. The van der Waals surface area contributed by atoms with Crippen molar-refractivity contribution in [3.63, 3.8) is 0 Å². The number of benzene rings is 1. The van der Waals surface area contributed by atoms with E-state index in [9.17, 15) is 14.0 Å². The van der Waals surface area contributed by atoms with E-state index in [1.54, 1.807) is 22.8 Å². The van der Waals surface area contributed by atoms with Crippen LogP contribution in [0.15, 0.2) is 29.2 Å². The molecule has 1 fully saturated rings. The van der Waals surface area contributed by atoms with E-state index in [0.717, 1.165) is 11.1 Å². The van der Waals surface area contributed by atoms with Crippen molar-refractivity contribution >= 4 is 23.2 Å². The number of nitrogens with zero attached hydrogens (tertiary/aromatic N) is 3. The summed E-state index contributed by atoms with van der Waals surface area (Å²) in [7, 11) is 0. The monoisotopic (exact) mass is 364 g/mol. The van der Waals surface area contributed by atoms with Gasteiger partial charge in [-0.1, -0.05) is 17.7 Å². The molecule has 2 heterocycles. The number of halogens is 2. The molecule has 0 saturated carbocycles. The van der Waals surface area contributed by atoms with Crippen molar-refractivity contribution in [1.82, 2.24) is 15.1 Å². The number of aryl methyl sites for hydroxylation is 1. The highest BCUT2D eigenvalue weighted by molar-refractivity contribution is 6.33. The minimum atomic E-state index is -0.483. The molecule has 0 unspecified atom stereocenters. The minimum absolute atomic E-state index is 0.0254. The van der Waals surface area contributed by atoms with Gasteiger partial charge in [0.1, 0.15) is 16.9 Å².